The van der Waals surface area contributed by atoms with Gasteiger partial charge in [-0.3, -0.25) is 14.3 Å². The van der Waals surface area contributed by atoms with E-state index in [0.717, 1.165) is 39.1 Å². The van der Waals surface area contributed by atoms with Crippen molar-refractivity contribution in [3.63, 3.8) is 0 Å². The van der Waals surface area contributed by atoms with Crippen LogP contribution in [0.3, 0.4) is 0 Å². The SMILES string of the molecule is CCn1nc2n(c1=O)CCOC2CC(=O)NCCCN1CCN(c2ccccc2C)CC1. The summed E-state index contributed by atoms with van der Waals surface area (Å²) in [4.78, 5) is 29.6. The molecular formula is C23H34N6O3. The number of benzene rings is 1. The second-order valence-corrected chi connectivity index (χ2v) is 8.49. The van der Waals surface area contributed by atoms with Gasteiger partial charge in [0.1, 0.15) is 6.10 Å². The topological polar surface area (TPSA) is 84.6 Å². The molecule has 2 aliphatic heterocycles. The fraction of sp³-hybridized carbons (Fsp3) is 0.609. The predicted octanol–water partition coefficient (Wildman–Crippen LogP) is 1.16. The maximum atomic E-state index is 12.4. The zero-order chi connectivity index (χ0) is 22.5. The molecule has 1 fully saturated rings. The van der Waals surface area contributed by atoms with Crippen LogP contribution in [0, 0.1) is 6.92 Å². The first-order valence-corrected chi connectivity index (χ1v) is 11.7. The number of rotatable bonds is 8. The highest BCUT2D eigenvalue weighted by Crippen LogP contribution is 2.22. The van der Waals surface area contributed by atoms with Crippen LogP contribution in [0.25, 0.3) is 0 Å². The van der Waals surface area contributed by atoms with Crippen LogP contribution in [0.5, 0.6) is 0 Å². The van der Waals surface area contributed by atoms with Gasteiger partial charge in [0.2, 0.25) is 5.91 Å². The van der Waals surface area contributed by atoms with E-state index in [1.54, 1.807) is 4.57 Å². The van der Waals surface area contributed by atoms with Crippen LogP contribution >= 0.6 is 0 Å². The highest BCUT2D eigenvalue weighted by atomic mass is 16.5. The van der Waals surface area contributed by atoms with Crippen LogP contribution < -0.4 is 15.9 Å². The standard InChI is InChI=1S/C23H34N6O3/c1-3-29-23(31)28-15-16-32-20(22(28)25-29)17-21(30)24-9-6-10-26-11-13-27(14-12-26)19-8-5-4-7-18(19)2/h4-5,7-8,20H,3,6,9-17H2,1-2H3,(H,24,30). The summed E-state index contributed by atoms with van der Waals surface area (Å²) in [5.41, 5.74) is 2.53. The third-order valence-corrected chi connectivity index (χ3v) is 6.35. The molecule has 9 nitrogen and oxygen atoms in total. The lowest BCUT2D eigenvalue weighted by Crippen LogP contribution is -2.47. The highest BCUT2D eigenvalue weighted by Gasteiger charge is 2.28. The summed E-state index contributed by atoms with van der Waals surface area (Å²) >= 11 is 0. The van der Waals surface area contributed by atoms with E-state index < -0.39 is 6.10 Å². The Morgan fingerprint density at radius 2 is 1.97 bits per heavy atom. The number of anilines is 1. The molecule has 0 spiro atoms. The lowest BCUT2D eigenvalue weighted by atomic mass is 10.1. The molecule has 1 aromatic carbocycles. The van der Waals surface area contributed by atoms with Crippen molar-refractivity contribution in [3.8, 4) is 0 Å². The molecule has 1 aromatic heterocycles. The van der Waals surface area contributed by atoms with Gasteiger partial charge in [-0.2, -0.15) is 5.10 Å². The van der Waals surface area contributed by atoms with Crippen LogP contribution in [0.15, 0.2) is 29.1 Å². The van der Waals surface area contributed by atoms with Crippen molar-refractivity contribution in [2.45, 2.75) is 45.9 Å². The number of hydrogen-bond donors (Lipinski definition) is 1. The zero-order valence-electron chi connectivity index (χ0n) is 19.1. The molecule has 0 saturated carbocycles. The van der Waals surface area contributed by atoms with Crippen molar-refractivity contribution >= 4 is 11.6 Å². The minimum absolute atomic E-state index is 0.0636. The van der Waals surface area contributed by atoms with Crippen molar-refractivity contribution in [2.24, 2.45) is 0 Å². The Kier molecular flexibility index (Phi) is 7.26. The number of nitrogens with zero attached hydrogens (tertiary/aromatic N) is 5. The third-order valence-electron chi connectivity index (χ3n) is 6.35. The Morgan fingerprint density at radius 3 is 2.72 bits per heavy atom. The number of fused-ring (bicyclic) bond motifs is 1. The van der Waals surface area contributed by atoms with Crippen molar-refractivity contribution in [1.29, 1.82) is 0 Å². The van der Waals surface area contributed by atoms with Gasteiger partial charge in [0, 0.05) is 45.0 Å². The van der Waals surface area contributed by atoms with Gasteiger partial charge in [-0.1, -0.05) is 18.2 Å². The van der Waals surface area contributed by atoms with Crippen LogP contribution in [0.1, 0.15) is 37.3 Å². The van der Waals surface area contributed by atoms with E-state index in [-0.39, 0.29) is 18.0 Å². The van der Waals surface area contributed by atoms with Crippen molar-refractivity contribution in [1.82, 2.24) is 24.6 Å². The van der Waals surface area contributed by atoms with E-state index in [9.17, 15) is 9.59 Å². The molecular weight excluding hydrogens is 408 g/mol. The fourth-order valence-corrected chi connectivity index (χ4v) is 4.52. The summed E-state index contributed by atoms with van der Waals surface area (Å²) in [5.74, 6) is 0.496. The Hall–Kier alpha value is -2.65. The first-order valence-electron chi connectivity index (χ1n) is 11.7. The summed E-state index contributed by atoms with van der Waals surface area (Å²) in [7, 11) is 0. The summed E-state index contributed by atoms with van der Waals surface area (Å²) in [5, 5.41) is 7.35. The lowest BCUT2D eigenvalue weighted by Gasteiger charge is -2.36. The monoisotopic (exact) mass is 442 g/mol. The van der Waals surface area contributed by atoms with Gasteiger partial charge in [-0.15, -0.1) is 0 Å². The number of piperazine rings is 1. The fourth-order valence-electron chi connectivity index (χ4n) is 4.52. The average molecular weight is 443 g/mol. The van der Waals surface area contributed by atoms with Crippen LogP contribution in [-0.4, -0.2) is 71.0 Å². The first-order chi connectivity index (χ1) is 15.6. The Balaban J connectivity index is 1.17. The smallest absolute Gasteiger partial charge is 0.346 e. The van der Waals surface area contributed by atoms with Gasteiger partial charge in [0.05, 0.1) is 19.6 Å². The van der Waals surface area contributed by atoms with E-state index in [4.69, 9.17) is 4.74 Å². The predicted molar refractivity (Wildman–Crippen MR) is 123 cm³/mol. The van der Waals surface area contributed by atoms with Crippen molar-refractivity contribution in [2.75, 3.05) is 50.8 Å². The second kappa shape index (κ2) is 10.3. The molecule has 1 amide bonds. The third kappa shape index (κ3) is 5.05. The molecule has 2 aliphatic rings. The maximum Gasteiger partial charge on any atom is 0.346 e. The highest BCUT2D eigenvalue weighted by molar-refractivity contribution is 5.76. The maximum absolute atomic E-state index is 12.4. The number of para-hydroxylation sites is 1. The largest absolute Gasteiger partial charge is 0.369 e. The van der Waals surface area contributed by atoms with Gasteiger partial charge in [0.25, 0.3) is 0 Å². The van der Waals surface area contributed by atoms with Gasteiger partial charge < -0.3 is 15.0 Å². The van der Waals surface area contributed by atoms with Gasteiger partial charge in [0.15, 0.2) is 5.82 Å². The molecule has 32 heavy (non-hydrogen) atoms. The van der Waals surface area contributed by atoms with E-state index in [1.165, 1.54) is 15.9 Å². The molecule has 1 N–H and O–H groups in total. The molecule has 0 aliphatic carbocycles. The molecule has 0 radical (unpaired) electrons. The van der Waals surface area contributed by atoms with E-state index in [0.29, 0.717) is 32.1 Å². The molecule has 9 heteroatoms. The molecule has 1 saturated heterocycles. The Morgan fingerprint density at radius 1 is 1.19 bits per heavy atom. The minimum Gasteiger partial charge on any atom is -0.369 e. The van der Waals surface area contributed by atoms with Gasteiger partial charge >= 0.3 is 5.69 Å². The quantitative estimate of drug-likeness (QED) is 0.618. The normalized spacial score (nSPS) is 19.1. The second-order valence-electron chi connectivity index (χ2n) is 8.49. The molecule has 2 aromatic rings. The summed E-state index contributed by atoms with van der Waals surface area (Å²) < 4.78 is 8.79. The van der Waals surface area contributed by atoms with Crippen LogP contribution in [0.2, 0.25) is 0 Å². The number of nitrogens with one attached hydrogen (secondary N) is 1. The first kappa shape index (κ1) is 22.5. The van der Waals surface area contributed by atoms with Gasteiger partial charge in [-0.05, 0) is 38.4 Å². The number of hydrogen-bond acceptors (Lipinski definition) is 6. The summed E-state index contributed by atoms with van der Waals surface area (Å²) in [6.07, 6.45) is 0.644. The molecule has 0 bridgehead atoms. The van der Waals surface area contributed by atoms with E-state index >= 15 is 0 Å². The number of amides is 1. The number of carbonyl (C=O) groups is 1. The molecule has 3 heterocycles. The van der Waals surface area contributed by atoms with Crippen LogP contribution in [0.4, 0.5) is 5.69 Å². The average Bonchev–Trinajstić information content (AvgIpc) is 3.14. The molecule has 1 unspecified atom stereocenters. The van der Waals surface area contributed by atoms with E-state index in [2.05, 4.69) is 51.4 Å². The number of carbonyl (C=O) groups excluding carboxylic acids is 1. The summed E-state index contributed by atoms with van der Waals surface area (Å²) in [6.45, 7) is 11.2. The molecule has 174 valence electrons. The van der Waals surface area contributed by atoms with Crippen molar-refractivity contribution in [3.05, 3.63) is 46.1 Å². The summed E-state index contributed by atoms with van der Waals surface area (Å²) in [6, 6.07) is 8.55. The minimum atomic E-state index is -0.459. The zero-order valence-corrected chi connectivity index (χ0v) is 19.1. The number of ether oxygens (including phenoxy) is 1. The Bertz CT molecular complexity index is 976. The lowest BCUT2D eigenvalue weighted by molar-refractivity contribution is -0.125. The van der Waals surface area contributed by atoms with E-state index in [1.807, 2.05) is 6.92 Å². The Labute approximate surface area is 188 Å². The number of aryl methyl sites for hydroxylation is 2. The van der Waals surface area contributed by atoms with Gasteiger partial charge in [-0.25, -0.2) is 9.48 Å². The molecule has 4 rings (SSSR count). The van der Waals surface area contributed by atoms with Crippen molar-refractivity contribution < 1.29 is 9.53 Å². The van der Waals surface area contributed by atoms with Crippen LogP contribution in [-0.2, 0) is 22.6 Å². The number of aromatic nitrogens is 3. The molecule has 1 atom stereocenters.